The van der Waals surface area contributed by atoms with Crippen LogP contribution in [0.15, 0.2) is 11.6 Å². The number of aliphatic hydroxyl groups is 3. The number of allylic oxidation sites excluding steroid dienone is 2. The van der Waals surface area contributed by atoms with Gasteiger partial charge >= 0.3 is 5.97 Å². The maximum atomic E-state index is 12.8. The monoisotopic (exact) mass is 488 g/mol. The summed E-state index contributed by atoms with van der Waals surface area (Å²) >= 11 is 0. The molecule has 198 valence electrons. The summed E-state index contributed by atoms with van der Waals surface area (Å²) < 4.78 is 0. The first-order valence-electron chi connectivity index (χ1n) is 14.1. The molecule has 0 aromatic heterocycles. The van der Waals surface area contributed by atoms with Crippen molar-refractivity contribution >= 4 is 5.97 Å². The minimum absolute atomic E-state index is 0.00815. The van der Waals surface area contributed by atoms with Gasteiger partial charge in [0.25, 0.3) is 0 Å². The Balaban J connectivity index is 1.62. The smallest absolute Gasteiger partial charge is 0.310 e. The molecule has 0 radical (unpaired) electrons. The highest BCUT2D eigenvalue weighted by atomic mass is 16.4. The van der Waals surface area contributed by atoms with E-state index in [4.69, 9.17) is 0 Å². The average Bonchev–Trinajstić information content (AvgIpc) is 2.80. The third-order valence-corrected chi connectivity index (χ3v) is 13.5. The van der Waals surface area contributed by atoms with Crippen LogP contribution in [-0.4, -0.2) is 45.2 Å². The number of carboxylic acid groups (broad SMARTS) is 1. The van der Waals surface area contributed by atoms with Crippen LogP contribution in [-0.2, 0) is 4.79 Å². The van der Waals surface area contributed by atoms with Gasteiger partial charge in [0, 0.05) is 5.41 Å². The Hall–Kier alpha value is -0.910. The fourth-order valence-corrected chi connectivity index (χ4v) is 11.0. The van der Waals surface area contributed by atoms with E-state index in [0.29, 0.717) is 24.2 Å². The number of rotatable bonds is 2. The number of aliphatic hydroxyl groups excluding tert-OH is 3. The van der Waals surface area contributed by atoms with E-state index in [9.17, 15) is 25.2 Å². The van der Waals surface area contributed by atoms with Crippen LogP contribution in [0.5, 0.6) is 0 Å². The van der Waals surface area contributed by atoms with Crippen LogP contribution in [0.4, 0.5) is 0 Å². The molecule has 4 saturated carbocycles. The molecule has 35 heavy (non-hydrogen) atoms. The molecule has 0 aliphatic heterocycles. The summed E-state index contributed by atoms with van der Waals surface area (Å²) in [7, 11) is 0. The van der Waals surface area contributed by atoms with Gasteiger partial charge in [-0.1, -0.05) is 53.2 Å². The minimum atomic E-state index is -0.907. The quantitative estimate of drug-likeness (QED) is 0.409. The summed E-state index contributed by atoms with van der Waals surface area (Å²) in [5.41, 5.74) is -0.214. The molecule has 4 N–H and O–H groups in total. The van der Waals surface area contributed by atoms with Crippen LogP contribution in [0.25, 0.3) is 0 Å². The van der Waals surface area contributed by atoms with E-state index < -0.39 is 29.0 Å². The topological polar surface area (TPSA) is 98.0 Å². The number of carboxylic acids is 1. The fourth-order valence-electron chi connectivity index (χ4n) is 11.0. The molecular weight excluding hydrogens is 440 g/mol. The highest BCUT2D eigenvalue weighted by molar-refractivity contribution is 5.76. The largest absolute Gasteiger partial charge is 0.481 e. The van der Waals surface area contributed by atoms with Crippen LogP contribution >= 0.6 is 0 Å². The lowest BCUT2D eigenvalue weighted by molar-refractivity contribution is -0.244. The van der Waals surface area contributed by atoms with Gasteiger partial charge in [0.1, 0.15) is 0 Å². The Labute approximate surface area is 211 Å². The molecule has 0 aromatic carbocycles. The normalized spacial score (nSPS) is 57.7. The van der Waals surface area contributed by atoms with Gasteiger partial charge in [-0.15, -0.1) is 0 Å². The summed E-state index contributed by atoms with van der Waals surface area (Å²) in [4.78, 5) is 12.8. The van der Waals surface area contributed by atoms with E-state index >= 15 is 0 Å². The molecule has 0 aromatic rings. The highest BCUT2D eigenvalue weighted by Crippen LogP contribution is 2.75. The zero-order valence-corrected chi connectivity index (χ0v) is 22.7. The SMILES string of the molecule is C[C@@H]1[C@H]2C3=CC[C@@H]4[C@@]5(C)C[C@H](O)[C@H](O)[C@@](C)(CO)[C@@H]5CC[C@@]4(C)[C@]3(C)CC[C@@]2(C(=O)O)CC[C@@H]1C. The predicted octanol–water partition coefficient (Wildman–Crippen LogP) is 5.03. The van der Waals surface area contributed by atoms with E-state index in [1.165, 1.54) is 5.57 Å². The van der Waals surface area contributed by atoms with Gasteiger partial charge < -0.3 is 20.4 Å². The molecule has 12 atom stereocenters. The fraction of sp³-hybridized carbons (Fsp3) is 0.900. The first kappa shape index (κ1) is 25.7. The average molecular weight is 489 g/mol. The molecule has 0 unspecified atom stereocenters. The molecule has 5 aliphatic carbocycles. The number of carbonyl (C=O) groups is 1. The van der Waals surface area contributed by atoms with E-state index in [1.54, 1.807) is 0 Å². The van der Waals surface area contributed by atoms with Gasteiger partial charge in [-0.3, -0.25) is 4.79 Å². The van der Waals surface area contributed by atoms with E-state index in [0.717, 1.165) is 44.9 Å². The lowest BCUT2D eigenvalue weighted by atomic mass is 9.33. The van der Waals surface area contributed by atoms with Crippen LogP contribution in [0.2, 0.25) is 0 Å². The van der Waals surface area contributed by atoms with Crippen molar-refractivity contribution in [3.8, 4) is 0 Å². The molecule has 0 spiro atoms. The number of aliphatic carboxylic acids is 1. The molecule has 0 saturated heterocycles. The van der Waals surface area contributed by atoms with Crippen molar-refractivity contribution in [3.63, 3.8) is 0 Å². The van der Waals surface area contributed by atoms with Crippen molar-refractivity contribution in [2.75, 3.05) is 6.61 Å². The van der Waals surface area contributed by atoms with Crippen molar-refractivity contribution in [2.45, 2.75) is 105 Å². The molecule has 0 amide bonds. The maximum absolute atomic E-state index is 12.8. The van der Waals surface area contributed by atoms with Crippen molar-refractivity contribution in [1.82, 2.24) is 0 Å². The summed E-state index contributed by atoms with van der Waals surface area (Å²) in [6, 6.07) is 0. The summed E-state index contributed by atoms with van der Waals surface area (Å²) in [5, 5.41) is 42.9. The Morgan fingerprint density at radius 2 is 1.69 bits per heavy atom. The molecule has 4 fully saturated rings. The van der Waals surface area contributed by atoms with Gasteiger partial charge in [0.05, 0.1) is 24.2 Å². The van der Waals surface area contributed by atoms with E-state index in [2.05, 4.69) is 40.7 Å². The van der Waals surface area contributed by atoms with Crippen LogP contribution in [0.3, 0.4) is 0 Å². The molecule has 5 nitrogen and oxygen atoms in total. The second kappa shape index (κ2) is 7.80. The van der Waals surface area contributed by atoms with Crippen molar-refractivity contribution in [1.29, 1.82) is 0 Å². The lowest BCUT2D eigenvalue weighted by Gasteiger charge is -2.71. The van der Waals surface area contributed by atoms with Crippen molar-refractivity contribution < 1.29 is 25.2 Å². The molecular formula is C30H48O5. The molecule has 5 rings (SSSR count). The van der Waals surface area contributed by atoms with Gasteiger partial charge in [-0.05, 0) is 97.2 Å². The van der Waals surface area contributed by atoms with Crippen LogP contribution < -0.4 is 0 Å². The van der Waals surface area contributed by atoms with E-state index in [-0.39, 0.29) is 34.7 Å². The first-order chi connectivity index (χ1) is 16.2. The van der Waals surface area contributed by atoms with E-state index in [1.807, 2.05) is 6.92 Å². The molecule has 5 aliphatic rings. The lowest BCUT2D eigenvalue weighted by Crippen LogP contribution is -2.68. The van der Waals surface area contributed by atoms with Gasteiger partial charge in [-0.2, -0.15) is 0 Å². The van der Waals surface area contributed by atoms with Crippen molar-refractivity contribution in [3.05, 3.63) is 11.6 Å². The van der Waals surface area contributed by atoms with Crippen LogP contribution in [0.1, 0.15) is 92.9 Å². The van der Waals surface area contributed by atoms with Crippen molar-refractivity contribution in [2.24, 2.45) is 56.7 Å². The van der Waals surface area contributed by atoms with Crippen LogP contribution in [0, 0.1) is 56.7 Å². The number of hydrogen-bond donors (Lipinski definition) is 4. The Kier molecular flexibility index (Phi) is 5.73. The van der Waals surface area contributed by atoms with Gasteiger partial charge in [-0.25, -0.2) is 0 Å². The number of fused-ring (bicyclic) bond motifs is 7. The molecule has 0 bridgehead atoms. The third kappa shape index (κ3) is 2.95. The summed E-state index contributed by atoms with van der Waals surface area (Å²) in [6.45, 7) is 13.6. The molecule has 5 heteroatoms. The first-order valence-corrected chi connectivity index (χ1v) is 14.1. The standard InChI is InChI=1S/C30H48O5/c1-17-9-12-30(25(34)35)14-13-28(5)19(23(30)18(17)2)7-8-22-26(3)15-20(32)24(33)27(4,16-31)21(26)10-11-29(22,28)6/h7,17-18,20-24,31-33H,8-16H2,1-6H3,(H,34,35)/t17-,18-,20-,21+,22+,23-,24-,26-,27-,28+,29+,30-/m0/s1. The second-order valence-corrected chi connectivity index (χ2v) is 14.5. The third-order valence-electron chi connectivity index (χ3n) is 13.5. The Bertz CT molecular complexity index is 930. The number of hydrogen-bond acceptors (Lipinski definition) is 4. The van der Waals surface area contributed by atoms with Gasteiger partial charge in [0.15, 0.2) is 0 Å². The van der Waals surface area contributed by atoms with Gasteiger partial charge in [0.2, 0.25) is 0 Å². The minimum Gasteiger partial charge on any atom is -0.481 e. The Morgan fingerprint density at radius 1 is 1.00 bits per heavy atom. The highest BCUT2D eigenvalue weighted by Gasteiger charge is 2.70. The zero-order valence-electron chi connectivity index (χ0n) is 22.7. The predicted molar refractivity (Wildman–Crippen MR) is 135 cm³/mol. The maximum Gasteiger partial charge on any atom is 0.310 e. The second-order valence-electron chi connectivity index (χ2n) is 14.5. The molecule has 0 heterocycles. The Morgan fingerprint density at radius 3 is 2.31 bits per heavy atom. The summed E-state index contributed by atoms with van der Waals surface area (Å²) in [5.74, 6) is 0.828. The summed E-state index contributed by atoms with van der Waals surface area (Å²) in [6.07, 6.45) is 7.51. The zero-order chi connectivity index (χ0) is 25.8.